The number of nitrogens with zero attached hydrogens (tertiary/aromatic N) is 2. The maximum atomic E-state index is 2.66. The van der Waals surface area contributed by atoms with E-state index in [0.29, 0.717) is 0 Å². The monoisotopic (exact) mass is 1010 g/mol. The highest BCUT2D eigenvalue weighted by molar-refractivity contribution is 7.02. The third kappa shape index (κ3) is 6.05. The molecule has 80 heavy (non-hydrogen) atoms. The molecule has 0 saturated heterocycles. The van der Waals surface area contributed by atoms with Gasteiger partial charge in [-0.05, 0) is 194 Å². The minimum absolute atomic E-state index is 0.0377. The first-order valence-corrected chi connectivity index (χ1v) is 28.1. The zero-order valence-electron chi connectivity index (χ0n) is 43.6. The summed E-state index contributed by atoms with van der Waals surface area (Å²) in [6, 6.07) is 105. The van der Waals surface area contributed by atoms with Crippen molar-refractivity contribution in [1.29, 1.82) is 0 Å². The van der Waals surface area contributed by atoms with Crippen molar-refractivity contribution in [3.63, 3.8) is 0 Å². The van der Waals surface area contributed by atoms with Gasteiger partial charge < -0.3 is 9.80 Å². The molecular weight excluding hydrogens is 962 g/mol. The van der Waals surface area contributed by atoms with Crippen LogP contribution in [0.3, 0.4) is 0 Å². The van der Waals surface area contributed by atoms with Crippen molar-refractivity contribution >= 4 is 113 Å². The fourth-order valence-electron chi connectivity index (χ4n) is 15.0. The van der Waals surface area contributed by atoms with Crippen LogP contribution in [0.15, 0.2) is 279 Å². The molecule has 0 spiro atoms. The third-order valence-corrected chi connectivity index (χ3v) is 18.1. The Morgan fingerprint density at radius 3 is 0.938 bits per heavy atom. The van der Waals surface area contributed by atoms with Gasteiger partial charge in [-0.2, -0.15) is 0 Å². The second kappa shape index (κ2) is 16.7. The summed E-state index contributed by atoms with van der Waals surface area (Å²) in [7, 11) is 0. The number of hydrogen-bond acceptors (Lipinski definition) is 2. The molecule has 14 aromatic carbocycles. The van der Waals surface area contributed by atoms with Crippen molar-refractivity contribution in [2.75, 3.05) is 9.80 Å². The number of anilines is 6. The second-order valence-electron chi connectivity index (χ2n) is 22.2. The molecule has 18 rings (SSSR count). The molecule has 0 radical (unpaired) electrons. The van der Waals surface area contributed by atoms with Crippen molar-refractivity contribution in [2.45, 2.75) is 0 Å². The molecule has 4 heteroatoms. The van der Waals surface area contributed by atoms with Crippen LogP contribution in [0.2, 0.25) is 0 Å². The van der Waals surface area contributed by atoms with Gasteiger partial charge in [0.15, 0.2) is 0 Å². The lowest BCUT2D eigenvalue weighted by atomic mass is 9.31. The Bertz CT molecular complexity index is 4560. The lowest BCUT2D eigenvalue weighted by Gasteiger charge is -2.42. The highest BCUT2D eigenvalue weighted by atomic mass is 15.2. The standard InChI is InChI=1S/C76H46B2N2/c1-7-23-47(24-8-1)51-39-61-57-43-55(49-27-11-3-12-28-49)59-46-66-72-58(62-40-52(48-25-9-2-10-26-48)42-70-76(62)78(66)64-36-20-22-38-68(64)80(70)54-33-17-6-18-34-54)44-56(50-29-13-4-14-30-50)60-45-65(71(57)73(59)74(60)72)77-63-35-19-21-37-67(63)79(69(41-51)75(61)77)53-31-15-5-16-32-53/h1-46H. The van der Waals surface area contributed by atoms with Gasteiger partial charge in [0.2, 0.25) is 13.4 Å². The summed E-state index contributed by atoms with van der Waals surface area (Å²) in [4.78, 5) is 5.07. The Kier molecular flexibility index (Phi) is 9.15. The van der Waals surface area contributed by atoms with E-state index in [1.54, 1.807) is 0 Å². The normalized spacial score (nSPS) is 13.2. The molecule has 4 aliphatic rings. The highest BCUT2D eigenvalue weighted by Gasteiger charge is 2.46. The Labute approximate surface area is 465 Å². The van der Waals surface area contributed by atoms with Crippen LogP contribution >= 0.6 is 0 Å². The van der Waals surface area contributed by atoms with Gasteiger partial charge in [-0.15, -0.1) is 0 Å². The van der Waals surface area contributed by atoms with Crippen LogP contribution in [0.1, 0.15) is 0 Å². The van der Waals surface area contributed by atoms with Crippen LogP contribution in [0.4, 0.5) is 34.1 Å². The zero-order chi connectivity index (χ0) is 52.2. The predicted molar refractivity (Wildman–Crippen MR) is 341 cm³/mol. The van der Waals surface area contributed by atoms with Crippen molar-refractivity contribution in [2.24, 2.45) is 0 Å². The lowest BCUT2D eigenvalue weighted by molar-refractivity contribution is 1.29. The molecule has 0 atom stereocenters. The van der Waals surface area contributed by atoms with Gasteiger partial charge in [0.25, 0.3) is 0 Å². The molecule has 0 saturated carbocycles. The van der Waals surface area contributed by atoms with E-state index in [1.807, 2.05) is 0 Å². The fraction of sp³-hybridized carbons (Fsp3) is 0. The first kappa shape index (κ1) is 43.9. The summed E-state index contributed by atoms with van der Waals surface area (Å²) in [5.41, 5.74) is 30.2. The number of benzene rings is 14. The van der Waals surface area contributed by atoms with Gasteiger partial charge >= 0.3 is 0 Å². The molecule has 0 aromatic heterocycles. The molecule has 4 aliphatic heterocycles. The molecule has 366 valence electrons. The smallest absolute Gasteiger partial charge is 0.248 e. The molecule has 0 aliphatic carbocycles. The van der Waals surface area contributed by atoms with Crippen molar-refractivity contribution < 1.29 is 0 Å². The van der Waals surface area contributed by atoms with Crippen LogP contribution in [-0.4, -0.2) is 13.4 Å². The van der Waals surface area contributed by atoms with E-state index in [9.17, 15) is 0 Å². The van der Waals surface area contributed by atoms with E-state index < -0.39 is 0 Å². The number of para-hydroxylation sites is 4. The van der Waals surface area contributed by atoms with E-state index in [2.05, 4.69) is 289 Å². The van der Waals surface area contributed by atoms with Gasteiger partial charge in [0.1, 0.15) is 0 Å². The highest BCUT2D eigenvalue weighted by Crippen LogP contribution is 2.53. The molecular formula is C76H46B2N2. The average molecular weight is 1010 g/mol. The Morgan fingerprint density at radius 1 is 0.212 bits per heavy atom. The van der Waals surface area contributed by atoms with Gasteiger partial charge in [-0.3, -0.25) is 0 Å². The molecule has 0 bridgehead atoms. The van der Waals surface area contributed by atoms with Crippen LogP contribution < -0.4 is 42.6 Å². The minimum atomic E-state index is -0.0377. The third-order valence-electron chi connectivity index (χ3n) is 18.1. The van der Waals surface area contributed by atoms with Crippen molar-refractivity contribution in [3.8, 4) is 66.8 Å². The second-order valence-corrected chi connectivity index (χ2v) is 22.2. The Morgan fingerprint density at radius 2 is 0.550 bits per heavy atom. The molecule has 2 nitrogen and oxygen atoms in total. The van der Waals surface area contributed by atoms with E-state index in [1.165, 1.54) is 155 Å². The number of fused-ring (bicyclic) bond motifs is 8. The van der Waals surface area contributed by atoms with Crippen LogP contribution in [0.5, 0.6) is 0 Å². The largest absolute Gasteiger partial charge is 0.311 e. The molecule has 0 N–H and O–H groups in total. The maximum Gasteiger partial charge on any atom is 0.248 e. The summed E-state index contributed by atoms with van der Waals surface area (Å²) >= 11 is 0. The van der Waals surface area contributed by atoms with E-state index >= 15 is 0 Å². The van der Waals surface area contributed by atoms with Crippen LogP contribution in [0, 0.1) is 0 Å². The zero-order valence-corrected chi connectivity index (χ0v) is 43.6. The first-order chi connectivity index (χ1) is 39.7. The number of rotatable bonds is 6. The van der Waals surface area contributed by atoms with Crippen LogP contribution in [0.25, 0.3) is 99.1 Å². The minimum Gasteiger partial charge on any atom is -0.311 e. The summed E-state index contributed by atoms with van der Waals surface area (Å²) < 4.78 is 0. The van der Waals surface area contributed by atoms with Gasteiger partial charge in [-0.1, -0.05) is 217 Å². The van der Waals surface area contributed by atoms with Crippen molar-refractivity contribution in [1.82, 2.24) is 0 Å². The summed E-state index contributed by atoms with van der Waals surface area (Å²) in [5, 5.41) is 8.01. The maximum absolute atomic E-state index is 2.66. The van der Waals surface area contributed by atoms with Crippen molar-refractivity contribution in [3.05, 3.63) is 279 Å². The van der Waals surface area contributed by atoms with E-state index in [4.69, 9.17) is 0 Å². The molecule has 0 amide bonds. The van der Waals surface area contributed by atoms with Gasteiger partial charge in [0, 0.05) is 34.1 Å². The number of hydrogen-bond donors (Lipinski definition) is 0. The lowest BCUT2D eigenvalue weighted by Crippen LogP contribution is -2.60. The van der Waals surface area contributed by atoms with Gasteiger partial charge in [-0.25, -0.2) is 0 Å². The SMILES string of the molecule is c1ccc(-c2cc3c4c(c2)N(c2ccccc2)c2ccccc2B4c2cc4c(-c5ccccc5)cc5c6c(cc7c(-c8ccccc8)cc-3c2c7c46)B2c3ccccc3N(c3ccccc3)c3cc(-c4ccccc4)cc-5c32)cc1. The molecule has 14 aromatic rings. The summed E-state index contributed by atoms with van der Waals surface area (Å²) in [6.07, 6.45) is 0. The quantitative estimate of drug-likeness (QED) is 0.121. The van der Waals surface area contributed by atoms with E-state index in [-0.39, 0.29) is 13.4 Å². The average Bonchev–Trinajstić information content (AvgIpc) is 2.77. The first-order valence-electron chi connectivity index (χ1n) is 28.1. The Balaban J connectivity index is 1.05. The van der Waals surface area contributed by atoms with E-state index in [0.717, 1.165) is 11.4 Å². The molecule has 0 fully saturated rings. The summed E-state index contributed by atoms with van der Waals surface area (Å²) in [6.45, 7) is -0.0755. The fourth-order valence-corrected chi connectivity index (χ4v) is 15.0. The topological polar surface area (TPSA) is 6.48 Å². The molecule has 4 heterocycles. The van der Waals surface area contributed by atoms with Crippen LogP contribution in [-0.2, 0) is 0 Å². The van der Waals surface area contributed by atoms with Gasteiger partial charge in [0.05, 0.1) is 0 Å². The summed E-state index contributed by atoms with van der Waals surface area (Å²) in [5.74, 6) is 0. The Hall–Kier alpha value is -10.2. The molecule has 0 unspecified atom stereocenters. The predicted octanol–water partition coefficient (Wildman–Crippen LogP) is 15.8.